The average Bonchev–Trinajstić information content (AvgIpc) is 2.83. The monoisotopic (exact) mass is 301 g/mol. The van der Waals surface area contributed by atoms with Gasteiger partial charge in [-0.05, 0) is 40.4 Å². The molecule has 0 aliphatic carbocycles. The van der Waals surface area contributed by atoms with Gasteiger partial charge in [-0.1, -0.05) is 24.3 Å². The van der Waals surface area contributed by atoms with Crippen LogP contribution in [0.3, 0.4) is 0 Å². The van der Waals surface area contributed by atoms with Crippen LogP contribution in [0.4, 0.5) is 0 Å². The van der Waals surface area contributed by atoms with Gasteiger partial charge in [-0.25, -0.2) is 4.31 Å². The summed E-state index contributed by atoms with van der Waals surface area (Å²) in [5.41, 5.74) is 1.10. The van der Waals surface area contributed by atoms with Crippen molar-refractivity contribution in [2.45, 2.75) is 18.6 Å². The van der Waals surface area contributed by atoms with Gasteiger partial charge in [-0.15, -0.1) is 0 Å². The lowest BCUT2D eigenvalue weighted by Gasteiger charge is -2.13. The summed E-state index contributed by atoms with van der Waals surface area (Å²) in [6.07, 6.45) is 0.664. The van der Waals surface area contributed by atoms with Crippen molar-refractivity contribution in [1.29, 1.82) is 0 Å². The van der Waals surface area contributed by atoms with Gasteiger partial charge in [-0.3, -0.25) is 9.59 Å². The molecule has 0 unspecified atom stereocenters. The van der Waals surface area contributed by atoms with Crippen molar-refractivity contribution in [2.24, 2.45) is 0 Å². The SMILES string of the molecule is COc1ccc2c(CSN3C(=O)CCC3=O)cccc2c1. The number of fused-ring (bicyclic) bond motifs is 1. The van der Waals surface area contributed by atoms with Crippen LogP contribution in [0.2, 0.25) is 0 Å². The van der Waals surface area contributed by atoms with E-state index in [-0.39, 0.29) is 11.8 Å². The third-order valence-electron chi connectivity index (χ3n) is 3.53. The molecule has 108 valence electrons. The lowest BCUT2D eigenvalue weighted by atomic mass is 10.1. The number of benzene rings is 2. The lowest BCUT2D eigenvalue weighted by molar-refractivity contribution is -0.131. The van der Waals surface area contributed by atoms with Gasteiger partial charge in [0.1, 0.15) is 5.75 Å². The van der Waals surface area contributed by atoms with Gasteiger partial charge in [0.05, 0.1) is 7.11 Å². The Kier molecular flexibility index (Phi) is 3.84. The quantitative estimate of drug-likeness (QED) is 0.643. The van der Waals surface area contributed by atoms with E-state index in [0.717, 1.165) is 22.1 Å². The van der Waals surface area contributed by atoms with Crippen molar-refractivity contribution in [1.82, 2.24) is 4.31 Å². The van der Waals surface area contributed by atoms with Crippen molar-refractivity contribution in [3.05, 3.63) is 42.0 Å². The molecule has 2 aromatic rings. The van der Waals surface area contributed by atoms with E-state index in [1.54, 1.807) is 7.11 Å². The van der Waals surface area contributed by atoms with Gasteiger partial charge in [0, 0.05) is 18.6 Å². The standard InChI is InChI=1S/C16H15NO3S/c1-20-13-5-6-14-11(9-13)3-2-4-12(14)10-21-17-15(18)7-8-16(17)19/h2-6,9H,7-8,10H2,1H3. The zero-order valence-corrected chi connectivity index (χ0v) is 12.5. The average molecular weight is 301 g/mol. The number of imide groups is 1. The summed E-state index contributed by atoms with van der Waals surface area (Å²) in [4.78, 5) is 23.2. The van der Waals surface area contributed by atoms with Crippen molar-refractivity contribution in [3.63, 3.8) is 0 Å². The Balaban J connectivity index is 1.84. The highest BCUT2D eigenvalue weighted by molar-refractivity contribution is 7.97. The maximum atomic E-state index is 11.6. The molecule has 5 heteroatoms. The fourth-order valence-electron chi connectivity index (χ4n) is 2.42. The Labute approximate surface area is 127 Å². The highest BCUT2D eigenvalue weighted by Crippen LogP contribution is 2.29. The van der Waals surface area contributed by atoms with Crippen LogP contribution >= 0.6 is 11.9 Å². The first-order valence-corrected chi connectivity index (χ1v) is 7.67. The molecule has 21 heavy (non-hydrogen) atoms. The topological polar surface area (TPSA) is 46.6 Å². The Bertz CT molecular complexity index is 698. The minimum atomic E-state index is -0.0908. The molecule has 2 amide bonds. The van der Waals surface area contributed by atoms with Gasteiger partial charge in [0.2, 0.25) is 11.8 Å². The van der Waals surface area contributed by atoms with Crippen LogP contribution in [-0.2, 0) is 15.3 Å². The number of nitrogens with zero attached hydrogens (tertiary/aromatic N) is 1. The van der Waals surface area contributed by atoms with Crippen LogP contribution in [0, 0.1) is 0 Å². The molecule has 1 heterocycles. The number of hydrogen-bond acceptors (Lipinski definition) is 4. The van der Waals surface area contributed by atoms with Crippen LogP contribution in [-0.4, -0.2) is 23.2 Å². The predicted molar refractivity (Wildman–Crippen MR) is 82.9 cm³/mol. The number of methoxy groups -OCH3 is 1. The molecular formula is C16H15NO3S. The molecule has 1 aliphatic heterocycles. The third-order valence-corrected chi connectivity index (χ3v) is 4.64. The summed E-state index contributed by atoms with van der Waals surface area (Å²) in [6, 6.07) is 11.9. The van der Waals surface area contributed by atoms with E-state index in [2.05, 4.69) is 0 Å². The van der Waals surface area contributed by atoms with Crippen molar-refractivity contribution in [3.8, 4) is 5.75 Å². The van der Waals surface area contributed by atoms with Crippen molar-refractivity contribution >= 4 is 34.5 Å². The molecule has 3 rings (SSSR count). The van der Waals surface area contributed by atoms with E-state index in [1.807, 2.05) is 36.4 Å². The molecule has 1 fully saturated rings. The number of hydrogen-bond donors (Lipinski definition) is 0. The zero-order valence-electron chi connectivity index (χ0n) is 11.7. The summed E-state index contributed by atoms with van der Waals surface area (Å²) in [5, 5.41) is 2.21. The minimum Gasteiger partial charge on any atom is -0.497 e. The Morgan fingerprint density at radius 3 is 2.62 bits per heavy atom. The minimum absolute atomic E-state index is 0.0908. The molecule has 0 saturated carbocycles. The summed E-state index contributed by atoms with van der Waals surface area (Å²) in [7, 11) is 1.64. The molecule has 2 aromatic carbocycles. The van der Waals surface area contributed by atoms with E-state index in [0.29, 0.717) is 18.6 Å². The first-order chi connectivity index (χ1) is 10.2. The molecular weight excluding hydrogens is 286 g/mol. The van der Waals surface area contributed by atoms with E-state index >= 15 is 0 Å². The predicted octanol–water partition coefficient (Wildman–Crippen LogP) is 3.15. The van der Waals surface area contributed by atoms with E-state index in [4.69, 9.17) is 4.74 Å². The largest absolute Gasteiger partial charge is 0.497 e. The van der Waals surface area contributed by atoms with E-state index < -0.39 is 0 Å². The van der Waals surface area contributed by atoms with Crippen LogP contribution in [0.5, 0.6) is 5.75 Å². The highest BCUT2D eigenvalue weighted by Gasteiger charge is 2.29. The maximum Gasteiger partial charge on any atom is 0.239 e. The lowest BCUT2D eigenvalue weighted by Crippen LogP contribution is -2.21. The van der Waals surface area contributed by atoms with Gasteiger partial charge in [0.15, 0.2) is 0 Å². The van der Waals surface area contributed by atoms with Gasteiger partial charge >= 0.3 is 0 Å². The Morgan fingerprint density at radius 2 is 1.90 bits per heavy atom. The smallest absolute Gasteiger partial charge is 0.239 e. The molecule has 1 saturated heterocycles. The Hall–Kier alpha value is -2.01. The fourth-order valence-corrected chi connectivity index (χ4v) is 3.41. The summed E-state index contributed by atoms with van der Waals surface area (Å²) in [5.74, 6) is 1.23. The van der Waals surface area contributed by atoms with E-state index in [1.165, 1.54) is 16.3 Å². The number of ether oxygens (including phenoxy) is 1. The van der Waals surface area contributed by atoms with E-state index in [9.17, 15) is 9.59 Å². The number of rotatable bonds is 4. The highest BCUT2D eigenvalue weighted by atomic mass is 32.2. The van der Waals surface area contributed by atoms with Crippen molar-refractivity contribution < 1.29 is 14.3 Å². The number of amides is 2. The van der Waals surface area contributed by atoms with Gasteiger partial charge in [-0.2, -0.15) is 0 Å². The summed E-state index contributed by atoms with van der Waals surface area (Å²) >= 11 is 1.28. The molecule has 0 radical (unpaired) electrons. The maximum absolute atomic E-state index is 11.6. The summed E-state index contributed by atoms with van der Waals surface area (Å²) in [6.45, 7) is 0. The third kappa shape index (κ3) is 2.74. The second-order valence-corrected chi connectivity index (χ2v) is 5.77. The molecule has 0 aromatic heterocycles. The molecule has 0 spiro atoms. The fraction of sp³-hybridized carbons (Fsp3) is 0.250. The molecule has 4 nitrogen and oxygen atoms in total. The molecule has 1 aliphatic rings. The van der Waals surface area contributed by atoms with Crippen LogP contribution in [0.15, 0.2) is 36.4 Å². The first-order valence-electron chi connectivity index (χ1n) is 6.73. The normalized spacial score (nSPS) is 15.0. The van der Waals surface area contributed by atoms with Gasteiger partial charge in [0.25, 0.3) is 0 Å². The van der Waals surface area contributed by atoms with Crippen molar-refractivity contribution in [2.75, 3.05) is 7.11 Å². The molecule has 0 N–H and O–H groups in total. The van der Waals surface area contributed by atoms with Crippen LogP contribution in [0.25, 0.3) is 10.8 Å². The Morgan fingerprint density at radius 1 is 1.14 bits per heavy atom. The number of carbonyl (C=O) groups is 2. The second-order valence-electron chi connectivity index (χ2n) is 4.86. The first kappa shape index (κ1) is 13.9. The van der Waals surface area contributed by atoms with Gasteiger partial charge < -0.3 is 4.74 Å². The van der Waals surface area contributed by atoms with Crippen LogP contribution < -0.4 is 4.74 Å². The zero-order chi connectivity index (χ0) is 14.8. The number of carbonyl (C=O) groups excluding carboxylic acids is 2. The second kappa shape index (κ2) is 5.77. The van der Waals surface area contributed by atoms with Crippen LogP contribution in [0.1, 0.15) is 18.4 Å². The molecule has 0 bridgehead atoms. The summed E-state index contributed by atoms with van der Waals surface area (Å²) < 4.78 is 6.52. The molecule has 0 atom stereocenters.